The molecular formula is C21H25N3O. The van der Waals surface area contributed by atoms with Crippen molar-refractivity contribution >= 4 is 17.3 Å². The third kappa shape index (κ3) is 3.34. The van der Waals surface area contributed by atoms with Gasteiger partial charge in [-0.05, 0) is 42.7 Å². The summed E-state index contributed by atoms with van der Waals surface area (Å²) in [6.45, 7) is 7.01. The van der Waals surface area contributed by atoms with Gasteiger partial charge in [0.25, 0.3) is 0 Å². The molecule has 130 valence electrons. The number of fused-ring (bicyclic) bond motifs is 1. The summed E-state index contributed by atoms with van der Waals surface area (Å²) >= 11 is 0. The van der Waals surface area contributed by atoms with E-state index in [0.717, 1.165) is 39.1 Å². The average Bonchev–Trinajstić information content (AvgIpc) is 3.05. The molecule has 0 atom stereocenters. The van der Waals surface area contributed by atoms with Crippen LogP contribution in [0.5, 0.6) is 0 Å². The van der Waals surface area contributed by atoms with Crippen molar-refractivity contribution < 1.29 is 4.79 Å². The molecule has 2 aromatic rings. The Hall–Kier alpha value is -2.49. The Morgan fingerprint density at radius 1 is 0.960 bits per heavy atom. The molecule has 0 bridgehead atoms. The van der Waals surface area contributed by atoms with Gasteiger partial charge in [0, 0.05) is 44.1 Å². The molecule has 4 nitrogen and oxygen atoms in total. The average molecular weight is 335 g/mol. The van der Waals surface area contributed by atoms with Crippen molar-refractivity contribution in [1.82, 2.24) is 4.90 Å². The molecule has 2 aliphatic heterocycles. The van der Waals surface area contributed by atoms with Gasteiger partial charge >= 0.3 is 0 Å². The minimum atomic E-state index is 0.251. The van der Waals surface area contributed by atoms with Gasteiger partial charge in [-0.15, -0.1) is 0 Å². The smallest absolute Gasteiger partial charge is 0.242 e. The van der Waals surface area contributed by atoms with Crippen LogP contribution in [-0.2, 0) is 11.2 Å². The molecule has 2 aliphatic rings. The van der Waals surface area contributed by atoms with Gasteiger partial charge in [0.05, 0.1) is 6.54 Å². The highest BCUT2D eigenvalue weighted by molar-refractivity contribution is 5.82. The lowest BCUT2D eigenvalue weighted by Gasteiger charge is -2.37. The first-order valence-corrected chi connectivity index (χ1v) is 9.13. The Bertz CT molecular complexity index is 765. The molecule has 0 N–H and O–H groups in total. The topological polar surface area (TPSA) is 26.8 Å². The van der Waals surface area contributed by atoms with E-state index in [9.17, 15) is 4.79 Å². The van der Waals surface area contributed by atoms with E-state index in [1.165, 1.54) is 22.5 Å². The van der Waals surface area contributed by atoms with Crippen LogP contribution in [0.2, 0.25) is 0 Å². The highest BCUT2D eigenvalue weighted by Gasteiger charge is 2.25. The number of nitrogens with zero attached hydrogens (tertiary/aromatic N) is 3. The molecule has 0 aromatic heterocycles. The maximum absolute atomic E-state index is 12.7. The largest absolute Gasteiger partial charge is 0.368 e. The van der Waals surface area contributed by atoms with Crippen LogP contribution in [-0.4, -0.2) is 50.1 Å². The van der Waals surface area contributed by atoms with E-state index >= 15 is 0 Å². The summed E-state index contributed by atoms with van der Waals surface area (Å²) in [5, 5.41) is 0. The number of para-hydroxylation sites is 1. The highest BCUT2D eigenvalue weighted by atomic mass is 16.2. The zero-order valence-electron chi connectivity index (χ0n) is 14.8. The number of anilines is 2. The van der Waals surface area contributed by atoms with Crippen LogP contribution in [0.4, 0.5) is 11.4 Å². The number of piperazine rings is 1. The molecule has 2 heterocycles. The highest BCUT2D eigenvalue weighted by Crippen LogP contribution is 2.27. The lowest BCUT2D eigenvalue weighted by molar-refractivity contribution is -0.130. The molecule has 1 saturated heterocycles. The molecule has 4 rings (SSSR count). The van der Waals surface area contributed by atoms with Crippen LogP contribution in [0.25, 0.3) is 0 Å². The second kappa shape index (κ2) is 6.79. The summed E-state index contributed by atoms with van der Waals surface area (Å²) in [5.74, 6) is 0.251. The molecule has 25 heavy (non-hydrogen) atoms. The molecule has 0 radical (unpaired) electrons. The lowest BCUT2D eigenvalue weighted by Crippen LogP contribution is -2.51. The third-order valence-electron chi connectivity index (χ3n) is 5.31. The number of rotatable bonds is 3. The van der Waals surface area contributed by atoms with E-state index in [-0.39, 0.29) is 5.91 Å². The van der Waals surface area contributed by atoms with E-state index in [1.807, 2.05) is 4.90 Å². The maximum Gasteiger partial charge on any atom is 0.242 e. The SMILES string of the molecule is Cc1cccc(N2CCN(C(=O)CN3CCc4ccccc43)CC2)c1. The zero-order valence-corrected chi connectivity index (χ0v) is 14.8. The number of amides is 1. The Kier molecular flexibility index (Phi) is 4.35. The van der Waals surface area contributed by atoms with Crippen LogP contribution in [0.1, 0.15) is 11.1 Å². The number of hydrogen-bond acceptors (Lipinski definition) is 3. The van der Waals surface area contributed by atoms with Crippen molar-refractivity contribution in [2.24, 2.45) is 0 Å². The fourth-order valence-corrected chi connectivity index (χ4v) is 3.87. The molecule has 4 heteroatoms. The first-order chi connectivity index (χ1) is 12.2. The number of aryl methyl sites for hydroxylation is 1. The third-order valence-corrected chi connectivity index (χ3v) is 5.31. The number of carbonyl (C=O) groups excluding carboxylic acids is 1. The Morgan fingerprint density at radius 3 is 2.56 bits per heavy atom. The van der Waals surface area contributed by atoms with Crippen LogP contribution in [0.15, 0.2) is 48.5 Å². The summed E-state index contributed by atoms with van der Waals surface area (Å²) in [6.07, 6.45) is 1.05. The zero-order chi connectivity index (χ0) is 17.2. The van der Waals surface area contributed by atoms with Crippen molar-refractivity contribution in [1.29, 1.82) is 0 Å². The lowest BCUT2D eigenvalue weighted by atomic mass is 10.2. The normalized spacial score (nSPS) is 16.9. The van der Waals surface area contributed by atoms with Crippen LogP contribution in [0.3, 0.4) is 0 Å². The standard InChI is InChI=1S/C21H25N3O/c1-17-5-4-7-19(15-17)22-11-13-23(14-12-22)21(25)16-24-10-9-18-6-2-3-8-20(18)24/h2-8,15H,9-14,16H2,1H3. The van der Waals surface area contributed by atoms with E-state index in [2.05, 4.69) is 65.3 Å². The van der Waals surface area contributed by atoms with Crippen LogP contribution in [0, 0.1) is 6.92 Å². The molecule has 0 unspecified atom stereocenters. The minimum Gasteiger partial charge on any atom is -0.368 e. The number of carbonyl (C=O) groups is 1. The van der Waals surface area contributed by atoms with Crippen molar-refractivity contribution in [2.45, 2.75) is 13.3 Å². The Morgan fingerprint density at radius 2 is 1.76 bits per heavy atom. The fourth-order valence-electron chi connectivity index (χ4n) is 3.87. The van der Waals surface area contributed by atoms with Crippen molar-refractivity contribution in [3.8, 4) is 0 Å². The Labute approximate surface area is 149 Å². The van der Waals surface area contributed by atoms with Gasteiger partial charge in [0.15, 0.2) is 0 Å². The van der Waals surface area contributed by atoms with Crippen molar-refractivity contribution in [3.63, 3.8) is 0 Å². The summed E-state index contributed by atoms with van der Waals surface area (Å²) < 4.78 is 0. The monoisotopic (exact) mass is 335 g/mol. The predicted molar refractivity (Wildman–Crippen MR) is 102 cm³/mol. The molecular weight excluding hydrogens is 310 g/mol. The summed E-state index contributed by atoms with van der Waals surface area (Å²) in [6, 6.07) is 17.0. The van der Waals surface area contributed by atoms with E-state index < -0.39 is 0 Å². The van der Waals surface area contributed by atoms with Crippen LogP contribution >= 0.6 is 0 Å². The molecule has 1 amide bonds. The van der Waals surface area contributed by atoms with E-state index in [1.54, 1.807) is 0 Å². The quantitative estimate of drug-likeness (QED) is 0.863. The van der Waals surface area contributed by atoms with Gasteiger partial charge in [-0.3, -0.25) is 4.79 Å². The van der Waals surface area contributed by atoms with Crippen molar-refractivity contribution in [2.75, 3.05) is 49.1 Å². The van der Waals surface area contributed by atoms with Gasteiger partial charge in [-0.2, -0.15) is 0 Å². The van der Waals surface area contributed by atoms with Gasteiger partial charge in [-0.25, -0.2) is 0 Å². The maximum atomic E-state index is 12.7. The summed E-state index contributed by atoms with van der Waals surface area (Å²) in [4.78, 5) is 19.4. The second-order valence-corrected chi connectivity index (χ2v) is 7.01. The minimum absolute atomic E-state index is 0.251. The van der Waals surface area contributed by atoms with Gasteiger partial charge in [0.1, 0.15) is 0 Å². The molecule has 0 saturated carbocycles. The summed E-state index contributed by atoms with van der Waals surface area (Å²) in [7, 11) is 0. The number of benzene rings is 2. The van der Waals surface area contributed by atoms with Crippen LogP contribution < -0.4 is 9.80 Å². The molecule has 0 aliphatic carbocycles. The predicted octanol–water partition coefficient (Wildman–Crippen LogP) is 2.71. The first kappa shape index (κ1) is 16.0. The van der Waals surface area contributed by atoms with Gasteiger partial charge in [0.2, 0.25) is 5.91 Å². The second-order valence-electron chi connectivity index (χ2n) is 7.01. The summed E-state index contributed by atoms with van der Waals surface area (Å²) in [5.41, 5.74) is 5.14. The molecule has 0 spiro atoms. The van der Waals surface area contributed by atoms with Crippen molar-refractivity contribution in [3.05, 3.63) is 59.7 Å². The van der Waals surface area contributed by atoms with Gasteiger partial charge in [-0.1, -0.05) is 30.3 Å². The van der Waals surface area contributed by atoms with Gasteiger partial charge < -0.3 is 14.7 Å². The fraction of sp³-hybridized carbons (Fsp3) is 0.381. The Balaban J connectivity index is 1.34. The van der Waals surface area contributed by atoms with E-state index in [4.69, 9.17) is 0 Å². The van der Waals surface area contributed by atoms with E-state index in [0.29, 0.717) is 6.54 Å². The first-order valence-electron chi connectivity index (χ1n) is 9.13. The molecule has 1 fully saturated rings. The number of hydrogen-bond donors (Lipinski definition) is 0. The molecule has 2 aromatic carbocycles.